The number of nitrogens with one attached hydrogen (secondary N) is 1. The van der Waals surface area contributed by atoms with Crippen molar-refractivity contribution in [1.29, 1.82) is 0 Å². The number of benzene rings is 1. The lowest BCUT2D eigenvalue weighted by Gasteiger charge is -2.08. The average molecular weight is 344 g/mol. The minimum Gasteiger partial charge on any atom is -0.497 e. The predicted molar refractivity (Wildman–Crippen MR) is 88.4 cm³/mol. The highest BCUT2D eigenvalue weighted by atomic mass is 32.2. The number of aromatic nitrogens is 3. The highest BCUT2D eigenvalue weighted by Crippen LogP contribution is 2.16. The van der Waals surface area contributed by atoms with Gasteiger partial charge in [0.15, 0.2) is 5.82 Å². The number of ether oxygens (including phenoxy) is 1. The van der Waals surface area contributed by atoms with E-state index in [-0.39, 0.29) is 11.4 Å². The Labute approximate surface area is 140 Å². The number of nitrogens with zero attached hydrogens (tertiary/aromatic N) is 3. The SMILES string of the molecule is COc1ccc(S(=O)(=O)NCc2ccnc(-n3cccn3)c2)cc1. The molecule has 1 aromatic carbocycles. The Kier molecular flexibility index (Phi) is 4.59. The lowest BCUT2D eigenvalue weighted by Crippen LogP contribution is -2.23. The monoisotopic (exact) mass is 344 g/mol. The largest absolute Gasteiger partial charge is 0.497 e. The summed E-state index contributed by atoms with van der Waals surface area (Å²) < 4.78 is 33.9. The zero-order valence-electron chi connectivity index (χ0n) is 13.0. The van der Waals surface area contributed by atoms with Crippen molar-refractivity contribution in [3.05, 3.63) is 66.6 Å². The van der Waals surface area contributed by atoms with Gasteiger partial charge in [0.05, 0.1) is 12.0 Å². The standard InChI is InChI=1S/C16H16N4O3S/c1-23-14-3-5-15(6-4-14)24(21,22)19-12-13-7-9-17-16(11-13)20-10-2-8-18-20/h2-11,19H,12H2,1H3. The predicted octanol–water partition coefficient (Wildman–Crippen LogP) is 1.75. The number of pyridine rings is 1. The molecule has 0 unspecified atom stereocenters. The molecule has 24 heavy (non-hydrogen) atoms. The topological polar surface area (TPSA) is 86.1 Å². The summed E-state index contributed by atoms with van der Waals surface area (Å²) >= 11 is 0. The highest BCUT2D eigenvalue weighted by molar-refractivity contribution is 7.89. The minimum absolute atomic E-state index is 0.158. The Morgan fingerprint density at radius 3 is 2.62 bits per heavy atom. The van der Waals surface area contributed by atoms with Crippen LogP contribution in [0.15, 0.2) is 66.0 Å². The van der Waals surface area contributed by atoms with Crippen LogP contribution in [-0.4, -0.2) is 30.3 Å². The summed E-state index contributed by atoms with van der Waals surface area (Å²) in [5.41, 5.74) is 0.785. The zero-order chi connectivity index (χ0) is 17.0. The van der Waals surface area contributed by atoms with E-state index < -0.39 is 10.0 Å². The number of rotatable bonds is 6. The molecule has 0 spiro atoms. The van der Waals surface area contributed by atoms with Crippen molar-refractivity contribution < 1.29 is 13.2 Å². The van der Waals surface area contributed by atoms with Crippen LogP contribution in [0.2, 0.25) is 0 Å². The molecule has 8 heteroatoms. The molecule has 0 aliphatic carbocycles. The quantitative estimate of drug-likeness (QED) is 0.736. The Hall–Kier alpha value is -2.71. The summed E-state index contributed by atoms with van der Waals surface area (Å²) in [5.74, 6) is 1.23. The highest BCUT2D eigenvalue weighted by Gasteiger charge is 2.14. The van der Waals surface area contributed by atoms with Gasteiger partial charge in [0.1, 0.15) is 5.75 Å². The van der Waals surface area contributed by atoms with Gasteiger partial charge >= 0.3 is 0 Å². The molecule has 0 aliphatic heterocycles. The molecular formula is C16H16N4O3S. The first-order valence-electron chi connectivity index (χ1n) is 7.17. The van der Waals surface area contributed by atoms with Crippen molar-refractivity contribution >= 4 is 10.0 Å². The summed E-state index contributed by atoms with van der Waals surface area (Å²) in [5, 5.41) is 4.10. The smallest absolute Gasteiger partial charge is 0.240 e. The van der Waals surface area contributed by atoms with Crippen molar-refractivity contribution in [1.82, 2.24) is 19.5 Å². The number of sulfonamides is 1. The van der Waals surface area contributed by atoms with Crippen LogP contribution in [0.4, 0.5) is 0 Å². The third-order valence-electron chi connectivity index (χ3n) is 3.39. The second kappa shape index (κ2) is 6.81. The van der Waals surface area contributed by atoms with Crippen LogP contribution in [0.1, 0.15) is 5.56 Å². The number of hydrogen-bond acceptors (Lipinski definition) is 5. The van der Waals surface area contributed by atoms with Gasteiger partial charge in [0.2, 0.25) is 10.0 Å². The van der Waals surface area contributed by atoms with E-state index in [1.165, 1.54) is 19.2 Å². The Balaban J connectivity index is 1.73. The Morgan fingerprint density at radius 2 is 1.96 bits per heavy atom. The summed E-state index contributed by atoms with van der Waals surface area (Å²) in [4.78, 5) is 4.40. The maximum atomic E-state index is 12.3. The van der Waals surface area contributed by atoms with Crippen molar-refractivity contribution in [2.75, 3.05) is 7.11 Å². The van der Waals surface area contributed by atoms with Gasteiger partial charge in [-0.2, -0.15) is 5.10 Å². The molecule has 0 bridgehead atoms. The molecule has 0 atom stereocenters. The maximum Gasteiger partial charge on any atom is 0.240 e. The summed E-state index contributed by atoms with van der Waals surface area (Å²) in [6, 6.07) is 11.5. The fourth-order valence-electron chi connectivity index (χ4n) is 2.12. The fraction of sp³-hybridized carbons (Fsp3) is 0.125. The van der Waals surface area contributed by atoms with E-state index in [0.29, 0.717) is 11.6 Å². The van der Waals surface area contributed by atoms with Crippen molar-refractivity contribution in [2.24, 2.45) is 0 Å². The van der Waals surface area contributed by atoms with E-state index in [0.717, 1.165) is 5.56 Å². The third-order valence-corrected chi connectivity index (χ3v) is 4.80. The summed E-state index contributed by atoms with van der Waals surface area (Å²) in [6.07, 6.45) is 5.04. The van der Waals surface area contributed by atoms with Gasteiger partial charge in [0, 0.05) is 25.1 Å². The third kappa shape index (κ3) is 3.61. The lowest BCUT2D eigenvalue weighted by atomic mass is 10.2. The van der Waals surface area contributed by atoms with Crippen LogP contribution in [0.3, 0.4) is 0 Å². The molecule has 124 valence electrons. The molecule has 0 aliphatic rings. The van der Waals surface area contributed by atoms with Gasteiger partial charge in [-0.05, 0) is 48.0 Å². The molecule has 0 saturated carbocycles. The van der Waals surface area contributed by atoms with Crippen molar-refractivity contribution in [3.63, 3.8) is 0 Å². The van der Waals surface area contributed by atoms with E-state index in [1.807, 2.05) is 0 Å². The van der Waals surface area contributed by atoms with Crippen LogP contribution >= 0.6 is 0 Å². The molecule has 0 saturated heterocycles. The van der Waals surface area contributed by atoms with E-state index in [4.69, 9.17) is 4.74 Å². The normalized spacial score (nSPS) is 11.4. The Morgan fingerprint density at radius 1 is 1.17 bits per heavy atom. The minimum atomic E-state index is -3.60. The fourth-order valence-corrected chi connectivity index (χ4v) is 3.13. The van der Waals surface area contributed by atoms with E-state index in [2.05, 4.69) is 14.8 Å². The average Bonchev–Trinajstić information content (AvgIpc) is 3.15. The van der Waals surface area contributed by atoms with Gasteiger partial charge < -0.3 is 4.74 Å². The Bertz CT molecular complexity index is 907. The molecule has 1 N–H and O–H groups in total. The summed E-state index contributed by atoms with van der Waals surface area (Å²) in [7, 11) is -2.07. The van der Waals surface area contributed by atoms with Crippen LogP contribution in [-0.2, 0) is 16.6 Å². The first-order valence-corrected chi connectivity index (χ1v) is 8.65. The second-order valence-electron chi connectivity index (χ2n) is 4.97. The number of hydrogen-bond donors (Lipinski definition) is 1. The van der Waals surface area contributed by atoms with E-state index >= 15 is 0 Å². The van der Waals surface area contributed by atoms with Crippen LogP contribution in [0.25, 0.3) is 5.82 Å². The van der Waals surface area contributed by atoms with E-state index in [1.54, 1.807) is 53.6 Å². The molecule has 0 fully saturated rings. The first-order chi connectivity index (χ1) is 11.6. The number of methoxy groups -OCH3 is 1. The molecule has 0 amide bonds. The first kappa shape index (κ1) is 16.2. The molecule has 2 aromatic heterocycles. The van der Waals surface area contributed by atoms with Gasteiger partial charge in [-0.15, -0.1) is 0 Å². The molecule has 2 heterocycles. The van der Waals surface area contributed by atoms with Gasteiger partial charge in [-0.1, -0.05) is 0 Å². The zero-order valence-corrected chi connectivity index (χ0v) is 13.8. The van der Waals surface area contributed by atoms with Gasteiger partial charge in [0.25, 0.3) is 0 Å². The van der Waals surface area contributed by atoms with E-state index in [9.17, 15) is 8.42 Å². The maximum absolute atomic E-state index is 12.3. The van der Waals surface area contributed by atoms with Gasteiger partial charge in [-0.3, -0.25) is 0 Å². The van der Waals surface area contributed by atoms with Crippen molar-refractivity contribution in [3.8, 4) is 11.6 Å². The second-order valence-corrected chi connectivity index (χ2v) is 6.74. The molecule has 3 rings (SSSR count). The molecule has 3 aromatic rings. The van der Waals surface area contributed by atoms with Crippen LogP contribution in [0, 0.1) is 0 Å². The van der Waals surface area contributed by atoms with Crippen LogP contribution < -0.4 is 9.46 Å². The van der Waals surface area contributed by atoms with Crippen LogP contribution in [0.5, 0.6) is 5.75 Å². The van der Waals surface area contributed by atoms with Crippen molar-refractivity contribution in [2.45, 2.75) is 11.4 Å². The molecule has 0 radical (unpaired) electrons. The lowest BCUT2D eigenvalue weighted by molar-refractivity contribution is 0.414. The summed E-state index contributed by atoms with van der Waals surface area (Å²) in [6.45, 7) is 0.158. The molecular weight excluding hydrogens is 328 g/mol. The molecule has 7 nitrogen and oxygen atoms in total. The van der Waals surface area contributed by atoms with Gasteiger partial charge in [-0.25, -0.2) is 22.8 Å².